The van der Waals surface area contributed by atoms with Crippen LogP contribution < -0.4 is 5.32 Å². The van der Waals surface area contributed by atoms with Gasteiger partial charge in [0, 0.05) is 24.2 Å². The normalized spacial score (nSPS) is 14.7. The minimum absolute atomic E-state index is 0.0650. The van der Waals surface area contributed by atoms with Crippen molar-refractivity contribution in [3.63, 3.8) is 0 Å². The van der Waals surface area contributed by atoms with E-state index in [-0.39, 0.29) is 12.1 Å². The monoisotopic (exact) mass is 295 g/mol. The Morgan fingerprint density at radius 3 is 2.85 bits per heavy atom. The van der Waals surface area contributed by atoms with E-state index in [0.29, 0.717) is 11.6 Å². The Morgan fingerprint density at radius 1 is 1.45 bits per heavy atom. The number of nitrogens with zero attached hydrogens (tertiary/aromatic N) is 2. The third-order valence-corrected chi connectivity index (χ3v) is 4.29. The largest absolute Gasteiger partial charge is 0.396 e. The minimum atomic E-state index is -0.0650. The van der Waals surface area contributed by atoms with Crippen LogP contribution in [-0.2, 0) is 13.6 Å². The lowest BCUT2D eigenvalue weighted by atomic mass is 9.95. The summed E-state index contributed by atoms with van der Waals surface area (Å²) in [7, 11) is 2.01. The van der Waals surface area contributed by atoms with Crippen molar-refractivity contribution in [3.8, 4) is 0 Å². The molecule has 2 aromatic rings. The maximum Gasteiger partial charge on any atom is 0.123 e. The quantitative estimate of drug-likeness (QED) is 0.861. The van der Waals surface area contributed by atoms with Crippen molar-refractivity contribution in [2.45, 2.75) is 38.8 Å². The van der Waals surface area contributed by atoms with E-state index in [9.17, 15) is 0 Å². The first-order valence-electron chi connectivity index (χ1n) is 6.96. The molecule has 110 valence electrons. The highest BCUT2D eigenvalue weighted by molar-refractivity contribution is 6.31. The molecule has 0 bridgehead atoms. The van der Waals surface area contributed by atoms with Crippen LogP contribution in [-0.4, -0.2) is 26.8 Å². The molecule has 0 radical (unpaired) electrons. The molecule has 1 aromatic carbocycles. The standard InChI is InChI=1S/C15H22ClN3O/c1-4-15(2,7-8-20)17-10-14-18-12-9-11(16)5-6-13(12)19(14)3/h5-6,9,17,20H,4,7-8,10H2,1-3H3. The highest BCUT2D eigenvalue weighted by Crippen LogP contribution is 2.20. The van der Waals surface area contributed by atoms with Crippen LogP contribution in [0.2, 0.25) is 5.02 Å². The number of rotatable bonds is 6. The molecule has 4 nitrogen and oxygen atoms in total. The first-order chi connectivity index (χ1) is 9.49. The first kappa shape index (κ1) is 15.3. The highest BCUT2D eigenvalue weighted by Gasteiger charge is 2.21. The second-order valence-corrected chi connectivity index (χ2v) is 5.90. The van der Waals surface area contributed by atoms with Crippen LogP contribution in [0.1, 0.15) is 32.5 Å². The number of fused-ring (bicyclic) bond motifs is 1. The zero-order chi connectivity index (χ0) is 14.8. The van der Waals surface area contributed by atoms with Crippen molar-refractivity contribution in [1.29, 1.82) is 0 Å². The Morgan fingerprint density at radius 2 is 2.20 bits per heavy atom. The van der Waals surface area contributed by atoms with Gasteiger partial charge in [-0.1, -0.05) is 18.5 Å². The number of halogens is 1. The highest BCUT2D eigenvalue weighted by atomic mass is 35.5. The summed E-state index contributed by atoms with van der Waals surface area (Å²) < 4.78 is 2.08. The van der Waals surface area contributed by atoms with Crippen LogP contribution in [0.5, 0.6) is 0 Å². The van der Waals surface area contributed by atoms with Crippen molar-refractivity contribution in [1.82, 2.24) is 14.9 Å². The lowest BCUT2D eigenvalue weighted by molar-refractivity contribution is 0.213. The second-order valence-electron chi connectivity index (χ2n) is 5.46. The molecule has 0 saturated carbocycles. The van der Waals surface area contributed by atoms with Gasteiger partial charge in [0.1, 0.15) is 5.82 Å². The van der Waals surface area contributed by atoms with E-state index in [2.05, 4.69) is 28.7 Å². The third kappa shape index (κ3) is 3.14. The summed E-state index contributed by atoms with van der Waals surface area (Å²) in [6, 6.07) is 5.75. The number of aliphatic hydroxyl groups excluding tert-OH is 1. The van der Waals surface area contributed by atoms with Crippen LogP contribution in [0.3, 0.4) is 0 Å². The smallest absolute Gasteiger partial charge is 0.123 e. The number of hydrogen-bond acceptors (Lipinski definition) is 3. The molecular weight excluding hydrogens is 274 g/mol. The molecule has 0 aliphatic rings. The van der Waals surface area contributed by atoms with E-state index in [0.717, 1.165) is 29.7 Å². The van der Waals surface area contributed by atoms with E-state index in [1.54, 1.807) is 0 Å². The number of nitrogens with one attached hydrogen (secondary N) is 1. The van der Waals surface area contributed by atoms with E-state index in [1.807, 2.05) is 25.2 Å². The Balaban J connectivity index is 2.19. The molecule has 2 rings (SSSR count). The summed E-state index contributed by atoms with van der Waals surface area (Å²) >= 11 is 6.00. The van der Waals surface area contributed by atoms with Gasteiger partial charge in [0.25, 0.3) is 0 Å². The fourth-order valence-corrected chi connectivity index (χ4v) is 2.48. The maximum atomic E-state index is 9.15. The molecule has 0 saturated heterocycles. The van der Waals surface area contributed by atoms with E-state index in [4.69, 9.17) is 16.7 Å². The van der Waals surface area contributed by atoms with Gasteiger partial charge in [-0.15, -0.1) is 0 Å². The van der Waals surface area contributed by atoms with Crippen LogP contribution in [0.15, 0.2) is 18.2 Å². The van der Waals surface area contributed by atoms with Gasteiger partial charge in [0.05, 0.1) is 17.6 Å². The van der Waals surface area contributed by atoms with Gasteiger partial charge >= 0.3 is 0 Å². The molecule has 0 spiro atoms. The van der Waals surface area contributed by atoms with Crippen LogP contribution >= 0.6 is 11.6 Å². The van der Waals surface area contributed by atoms with Gasteiger partial charge in [0.15, 0.2) is 0 Å². The predicted molar refractivity (Wildman–Crippen MR) is 83.0 cm³/mol. The van der Waals surface area contributed by atoms with Gasteiger partial charge < -0.3 is 15.0 Å². The fourth-order valence-electron chi connectivity index (χ4n) is 2.31. The molecule has 0 aliphatic heterocycles. The van der Waals surface area contributed by atoms with Gasteiger partial charge in [-0.05, 0) is 38.0 Å². The van der Waals surface area contributed by atoms with Gasteiger partial charge in [-0.25, -0.2) is 4.98 Å². The third-order valence-electron chi connectivity index (χ3n) is 4.05. The average Bonchev–Trinajstić information content (AvgIpc) is 2.73. The van der Waals surface area contributed by atoms with E-state index in [1.165, 1.54) is 0 Å². The van der Waals surface area contributed by atoms with E-state index >= 15 is 0 Å². The summed E-state index contributed by atoms with van der Waals surface area (Å²) in [5.74, 6) is 0.972. The summed E-state index contributed by atoms with van der Waals surface area (Å²) in [4.78, 5) is 4.62. The Bertz CT molecular complexity index is 596. The van der Waals surface area contributed by atoms with Crippen molar-refractivity contribution in [2.24, 2.45) is 7.05 Å². The predicted octanol–water partition coefficient (Wildman–Crippen LogP) is 2.87. The number of aromatic nitrogens is 2. The molecule has 1 unspecified atom stereocenters. The maximum absolute atomic E-state index is 9.15. The molecule has 1 atom stereocenters. The molecule has 1 aromatic heterocycles. The van der Waals surface area contributed by atoms with Crippen molar-refractivity contribution < 1.29 is 5.11 Å². The lowest BCUT2D eigenvalue weighted by Crippen LogP contribution is -2.42. The summed E-state index contributed by atoms with van der Waals surface area (Å²) in [5.41, 5.74) is 1.92. The van der Waals surface area contributed by atoms with Crippen LogP contribution in [0.4, 0.5) is 0 Å². The Hall–Kier alpha value is -1.10. The molecule has 5 heteroatoms. The summed E-state index contributed by atoms with van der Waals surface area (Å²) in [5, 5.41) is 13.4. The Labute approximate surface area is 124 Å². The van der Waals surface area contributed by atoms with Gasteiger partial charge in [0.2, 0.25) is 0 Å². The molecule has 0 amide bonds. The summed E-state index contributed by atoms with van der Waals surface area (Å²) in [6.45, 7) is 5.11. The number of aryl methyl sites for hydroxylation is 1. The zero-order valence-corrected chi connectivity index (χ0v) is 13.0. The summed E-state index contributed by atoms with van der Waals surface area (Å²) in [6.07, 6.45) is 1.70. The molecule has 1 heterocycles. The molecule has 20 heavy (non-hydrogen) atoms. The fraction of sp³-hybridized carbons (Fsp3) is 0.533. The van der Waals surface area contributed by atoms with Crippen molar-refractivity contribution in [3.05, 3.63) is 29.0 Å². The molecule has 0 aliphatic carbocycles. The zero-order valence-electron chi connectivity index (χ0n) is 12.3. The second kappa shape index (κ2) is 6.12. The SMILES string of the molecule is CCC(C)(CCO)NCc1nc2cc(Cl)ccc2n1C. The lowest BCUT2D eigenvalue weighted by Gasteiger charge is -2.29. The number of hydrogen-bond donors (Lipinski definition) is 2. The molecule has 2 N–H and O–H groups in total. The minimum Gasteiger partial charge on any atom is -0.396 e. The average molecular weight is 296 g/mol. The number of aliphatic hydroxyl groups is 1. The van der Waals surface area contributed by atoms with Crippen molar-refractivity contribution in [2.75, 3.05) is 6.61 Å². The van der Waals surface area contributed by atoms with E-state index < -0.39 is 0 Å². The van der Waals surface area contributed by atoms with Crippen LogP contribution in [0.25, 0.3) is 11.0 Å². The van der Waals surface area contributed by atoms with Crippen molar-refractivity contribution >= 4 is 22.6 Å². The van der Waals surface area contributed by atoms with Gasteiger partial charge in [-0.3, -0.25) is 0 Å². The first-order valence-corrected chi connectivity index (χ1v) is 7.33. The number of imidazole rings is 1. The van der Waals surface area contributed by atoms with Gasteiger partial charge in [-0.2, -0.15) is 0 Å². The topological polar surface area (TPSA) is 50.1 Å². The number of benzene rings is 1. The molecule has 0 fully saturated rings. The molecular formula is C15H22ClN3O. The van der Waals surface area contributed by atoms with Crippen LogP contribution in [0, 0.1) is 0 Å². The Kier molecular flexibility index (Phi) is 4.68.